The maximum atomic E-state index is 13.7. The van der Waals surface area contributed by atoms with Crippen LogP contribution in [0.3, 0.4) is 0 Å². The summed E-state index contributed by atoms with van der Waals surface area (Å²) in [5, 5.41) is 33.1. The van der Waals surface area contributed by atoms with Crippen molar-refractivity contribution >= 4 is 5.91 Å². The van der Waals surface area contributed by atoms with Crippen molar-refractivity contribution in [3.63, 3.8) is 0 Å². The number of alkyl halides is 6. The molecule has 0 unspecified atom stereocenters. The second kappa shape index (κ2) is 26.2. The molecule has 0 aliphatic heterocycles. The van der Waals surface area contributed by atoms with E-state index in [9.17, 15) is 58.9 Å². The minimum absolute atomic E-state index is 0.0243. The fourth-order valence-electron chi connectivity index (χ4n) is 10.6. The van der Waals surface area contributed by atoms with E-state index in [-0.39, 0.29) is 47.9 Å². The summed E-state index contributed by atoms with van der Waals surface area (Å²) in [5.41, 5.74) is 4.08. The number of nitrogens with one attached hydrogen (secondary N) is 4. The van der Waals surface area contributed by atoms with Gasteiger partial charge in [-0.15, -0.1) is 0 Å². The van der Waals surface area contributed by atoms with E-state index in [4.69, 9.17) is 0 Å². The number of hydrogen-bond donors (Lipinski definition) is 6. The third-order valence-electron chi connectivity index (χ3n) is 14.0. The minimum atomic E-state index is -5.17. The smallest absolute Gasteiger partial charge is 0.390 e. The van der Waals surface area contributed by atoms with E-state index < -0.39 is 83.4 Å². The average molecular weight is 1070 g/mol. The van der Waals surface area contributed by atoms with Gasteiger partial charge in [-0.2, -0.15) is 26.3 Å². The molecule has 2 aliphatic rings. The molecule has 0 spiro atoms. The molecule has 7 nitrogen and oxygen atoms in total. The molecule has 4 aromatic rings. The molecule has 416 valence electrons. The maximum Gasteiger partial charge on any atom is 0.471 e. The van der Waals surface area contributed by atoms with Gasteiger partial charge in [-0.05, 0) is 120 Å². The molecule has 17 heteroatoms. The van der Waals surface area contributed by atoms with E-state index in [1.807, 2.05) is 23.5 Å². The van der Waals surface area contributed by atoms with Gasteiger partial charge in [-0.3, -0.25) is 4.79 Å². The summed E-state index contributed by atoms with van der Waals surface area (Å²) in [4.78, 5) is 11.7. The van der Waals surface area contributed by atoms with E-state index >= 15 is 0 Å². The lowest BCUT2D eigenvalue weighted by atomic mass is 9.75. The van der Waals surface area contributed by atoms with Crippen LogP contribution < -0.4 is 21.3 Å². The summed E-state index contributed by atoms with van der Waals surface area (Å²) in [7, 11) is 0. The first-order chi connectivity index (χ1) is 34.9. The number of carbonyl (C=O) groups excluding carboxylic acids is 1. The molecule has 0 heterocycles. The van der Waals surface area contributed by atoms with Crippen LogP contribution >= 0.6 is 0 Å². The Bertz CT molecular complexity index is 2400. The lowest BCUT2D eigenvalue weighted by Gasteiger charge is -2.40. The molecule has 1 amide bonds. The molecular weight excluding hydrogens is 991 g/mol. The van der Waals surface area contributed by atoms with Gasteiger partial charge in [-0.1, -0.05) is 129 Å². The van der Waals surface area contributed by atoms with Crippen LogP contribution in [-0.2, 0) is 41.6 Å². The zero-order valence-electron chi connectivity index (χ0n) is 44.0. The van der Waals surface area contributed by atoms with Gasteiger partial charge < -0.3 is 31.5 Å². The Morgan fingerprint density at radius 2 is 0.907 bits per heavy atom. The van der Waals surface area contributed by atoms with Crippen molar-refractivity contribution in [1.82, 2.24) is 21.3 Å². The summed E-state index contributed by atoms with van der Waals surface area (Å²) in [5.74, 6) is -5.64. The van der Waals surface area contributed by atoms with Gasteiger partial charge in [0, 0.05) is 42.3 Å². The van der Waals surface area contributed by atoms with Crippen molar-refractivity contribution in [1.29, 1.82) is 0 Å². The fraction of sp³-hybridized carbons (Fsp3) is 0.569. The number of aliphatic hydroxyl groups excluding tert-OH is 2. The van der Waals surface area contributed by atoms with Crippen LogP contribution in [0, 0.1) is 34.1 Å². The Hall–Kier alpha value is -4.55. The van der Waals surface area contributed by atoms with Crippen molar-refractivity contribution in [2.75, 3.05) is 19.6 Å². The lowest BCUT2D eigenvalue weighted by Crippen LogP contribution is -2.55. The summed E-state index contributed by atoms with van der Waals surface area (Å²) in [6, 6.07) is 19.6. The number of carbonyl (C=O) groups is 1. The first-order valence-electron chi connectivity index (χ1n) is 26.0. The van der Waals surface area contributed by atoms with E-state index in [1.54, 1.807) is 0 Å². The van der Waals surface area contributed by atoms with Crippen molar-refractivity contribution in [2.45, 2.75) is 179 Å². The van der Waals surface area contributed by atoms with Crippen LogP contribution in [-0.4, -0.2) is 72.4 Å². The standard InChI is InChI=1S/C29H37F5N2O2.C29H39F5N2O/c1-27(2,3)17-19-8-7-9-21(12-19)28(10-5-4-6-11-28)35-18-25(37)24(36-26(38)29(32,33)34)15-20-13-22(30)16-23(31)14-20;1-27(2,3)17-20-8-7-9-22(12-20)28(10-5-4-6-11-28)36-18-26(37)25(35-19-29(32,33)34)15-21-13-23(30)16-24(31)14-21/h7-9,12-14,16,24-25,35,37H,4-6,10-11,15,17-18H2,1-3H3,(H,36,38);7-9,12-14,16,25-26,35-37H,4-6,10-11,15,17-19H2,1-3H3/t24-,25+;25-,26+/m00/s1. The summed E-state index contributed by atoms with van der Waals surface area (Å²) >= 11 is 0. The first-order valence-corrected chi connectivity index (χ1v) is 26.0. The number of amides is 1. The van der Waals surface area contributed by atoms with Gasteiger partial charge in [-0.25, -0.2) is 17.6 Å². The van der Waals surface area contributed by atoms with Crippen molar-refractivity contribution in [2.24, 2.45) is 10.8 Å². The van der Waals surface area contributed by atoms with E-state index in [1.165, 1.54) is 11.1 Å². The minimum Gasteiger partial charge on any atom is -0.390 e. The van der Waals surface area contributed by atoms with Crippen LogP contribution in [0.5, 0.6) is 0 Å². The molecule has 0 radical (unpaired) electrons. The molecule has 4 atom stereocenters. The number of hydrogen-bond acceptors (Lipinski definition) is 6. The summed E-state index contributed by atoms with van der Waals surface area (Å²) < 4.78 is 133. The van der Waals surface area contributed by atoms with Crippen LogP contribution in [0.4, 0.5) is 43.9 Å². The normalized spacial score (nSPS) is 17.8. The molecule has 75 heavy (non-hydrogen) atoms. The molecule has 0 aromatic heterocycles. The quantitative estimate of drug-likeness (QED) is 0.0523. The summed E-state index contributed by atoms with van der Waals surface area (Å²) in [6.07, 6.45) is -1.73. The van der Waals surface area contributed by atoms with Crippen LogP contribution in [0.25, 0.3) is 0 Å². The van der Waals surface area contributed by atoms with Gasteiger partial charge in [0.05, 0.1) is 24.8 Å². The Balaban J connectivity index is 0.000000277. The van der Waals surface area contributed by atoms with E-state index in [0.717, 1.165) is 112 Å². The van der Waals surface area contributed by atoms with Gasteiger partial charge in [0.15, 0.2) is 0 Å². The molecule has 2 aliphatic carbocycles. The SMILES string of the molecule is CC(C)(C)Cc1cccc(C2(NC[C@@H](O)[C@H](Cc3cc(F)cc(F)c3)NC(=O)C(F)(F)F)CCCCC2)c1.CC(C)(C)Cc1cccc(C2(NC[C@@H](O)[C@H](Cc3cc(F)cc(F)c3)NCC(F)(F)F)CCCCC2)c1. The van der Waals surface area contributed by atoms with Crippen molar-refractivity contribution in [3.8, 4) is 0 Å². The highest BCUT2D eigenvalue weighted by Crippen LogP contribution is 2.40. The average Bonchev–Trinajstić information content (AvgIpc) is 3.30. The van der Waals surface area contributed by atoms with E-state index in [2.05, 4.69) is 87.8 Å². The molecular formula is C58H76F10N4O3. The molecule has 6 rings (SSSR count). The molecule has 0 saturated heterocycles. The van der Waals surface area contributed by atoms with Crippen molar-refractivity contribution < 1.29 is 58.9 Å². The summed E-state index contributed by atoms with van der Waals surface area (Å²) in [6.45, 7) is 11.6. The van der Waals surface area contributed by atoms with Crippen molar-refractivity contribution in [3.05, 3.63) is 142 Å². The number of benzene rings is 4. The lowest BCUT2D eigenvalue weighted by molar-refractivity contribution is -0.175. The second-order valence-electron chi connectivity index (χ2n) is 23.2. The predicted octanol–water partition coefficient (Wildman–Crippen LogP) is 12.4. The predicted molar refractivity (Wildman–Crippen MR) is 273 cm³/mol. The Labute approximate surface area is 436 Å². The zero-order valence-corrected chi connectivity index (χ0v) is 44.0. The maximum absolute atomic E-state index is 13.7. The van der Waals surface area contributed by atoms with Gasteiger partial charge in [0.2, 0.25) is 0 Å². The van der Waals surface area contributed by atoms with Gasteiger partial charge in [0.25, 0.3) is 0 Å². The fourth-order valence-corrected chi connectivity index (χ4v) is 10.6. The van der Waals surface area contributed by atoms with Gasteiger partial charge >= 0.3 is 18.3 Å². The highest BCUT2D eigenvalue weighted by Gasteiger charge is 2.42. The molecule has 2 fully saturated rings. The monoisotopic (exact) mass is 1070 g/mol. The zero-order chi connectivity index (χ0) is 55.4. The third-order valence-corrected chi connectivity index (χ3v) is 14.0. The van der Waals surface area contributed by atoms with Crippen LogP contribution in [0.1, 0.15) is 139 Å². The third kappa shape index (κ3) is 20.1. The number of halogens is 10. The Morgan fingerprint density at radius 3 is 1.27 bits per heavy atom. The first kappa shape index (κ1) is 61.3. The Kier molecular flexibility index (Phi) is 21.4. The Morgan fingerprint density at radius 1 is 0.533 bits per heavy atom. The van der Waals surface area contributed by atoms with E-state index in [0.29, 0.717) is 12.1 Å². The largest absolute Gasteiger partial charge is 0.471 e. The second-order valence-corrected chi connectivity index (χ2v) is 23.2. The number of rotatable bonds is 19. The van der Waals surface area contributed by atoms with Crippen LogP contribution in [0.15, 0.2) is 84.9 Å². The molecule has 0 bridgehead atoms. The highest BCUT2D eigenvalue weighted by molar-refractivity contribution is 5.82. The molecule has 2 saturated carbocycles. The molecule has 4 aromatic carbocycles. The molecule has 6 N–H and O–H groups in total. The van der Waals surface area contributed by atoms with Crippen LogP contribution in [0.2, 0.25) is 0 Å². The highest BCUT2D eigenvalue weighted by atomic mass is 19.4. The topological polar surface area (TPSA) is 106 Å². The van der Waals surface area contributed by atoms with Gasteiger partial charge in [0.1, 0.15) is 23.3 Å². The number of aliphatic hydroxyl groups is 2.